The van der Waals surface area contributed by atoms with Crippen molar-refractivity contribution in [1.29, 1.82) is 0 Å². The van der Waals surface area contributed by atoms with Gasteiger partial charge in [0.15, 0.2) is 9.84 Å². The first kappa shape index (κ1) is 19.0. The van der Waals surface area contributed by atoms with E-state index < -0.39 is 9.84 Å². The standard InChI is InChI=1S/C20H27N3O2S/c1-17-5-3-6-19(21-17)16-23-12-4-11-22(13-14-23)15-18-7-9-20(10-8-18)26(2,24)25/h3,5-10H,4,11-16H2,1-2H3. The molecule has 1 aromatic heterocycles. The normalized spacial score (nSPS) is 17.2. The van der Waals surface area contributed by atoms with Gasteiger partial charge in [-0.25, -0.2) is 8.42 Å². The van der Waals surface area contributed by atoms with Crippen LogP contribution >= 0.6 is 0 Å². The van der Waals surface area contributed by atoms with Crippen LogP contribution in [0.5, 0.6) is 0 Å². The van der Waals surface area contributed by atoms with Crippen molar-refractivity contribution < 1.29 is 8.42 Å². The summed E-state index contributed by atoms with van der Waals surface area (Å²) in [7, 11) is -3.12. The van der Waals surface area contributed by atoms with Gasteiger partial charge in [0.05, 0.1) is 10.6 Å². The Hall–Kier alpha value is -1.76. The van der Waals surface area contributed by atoms with E-state index in [0.717, 1.165) is 62.6 Å². The van der Waals surface area contributed by atoms with E-state index in [1.165, 1.54) is 6.26 Å². The smallest absolute Gasteiger partial charge is 0.175 e. The summed E-state index contributed by atoms with van der Waals surface area (Å²) in [4.78, 5) is 9.90. The molecule has 5 nitrogen and oxygen atoms in total. The Morgan fingerprint density at radius 2 is 1.58 bits per heavy atom. The highest BCUT2D eigenvalue weighted by atomic mass is 32.2. The van der Waals surface area contributed by atoms with Gasteiger partial charge in [0, 0.05) is 38.1 Å². The van der Waals surface area contributed by atoms with Gasteiger partial charge in [-0.2, -0.15) is 0 Å². The van der Waals surface area contributed by atoms with Crippen molar-refractivity contribution in [1.82, 2.24) is 14.8 Å². The molecule has 1 aliphatic heterocycles. The van der Waals surface area contributed by atoms with Gasteiger partial charge in [-0.3, -0.25) is 14.8 Å². The Kier molecular flexibility index (Phi) is 6.06. The molecule has 0 radical (unpaired) electrons. The first-order chi connectivity index (χ1) is 12.4. The molecular weight excluding hydrogens is 346 g/mol. The van der Waals surface area contributed by atoms with Crippen molar-refractivity contribution in [2.45, 2.75) is 31.3 Å². The molecule has 26 heavy (non-hydrogen) atoms. The summed E-state index contributed by atoms with van der Waals surface area (Å²) >= 11 is 0. The Balaban J connectivity index is 1.55. The van der Waals surface area contributed by atoms with E-state index in [2.05, 4.69) is 26.9 Å². The molecule has 0 bridgehead atoms. The SMILES string of the molecule is Cc1cccc(CN2CCCN(Cc3ccc(S(C)(=O)=O)cc3)CC2)n1. The van der Waals surface area contributed by atoms with Crippen LogP contribution in [0.2, 0.25) is 0 Å². The van der Waals surface area contributed by atoms with Crippen LogP contribution in [0.15, 0.2) is 47.4 Å². The second-order valence-electron chi connectivity index (χ2n) is 7.09. The number of sulfone groups is 1. The average Bonchev–Trinajstić information content (AvgIpc) is 2.80. The quantitative estimate of drug-likeness (QED) is 0.806. The molecule has 0 spiro atoms. The Bertz CT molecular complexity index is 834. The molecule has 0 atom stereocenters. The van der Waals surface area contributed by atoms with Crippen LogP contribution < -0.4 is 0 Å². The fourth-order valence-corrected chi connectivity index (χ4v) is 3.99. The maximum absolute atomic E-state index is 11.6. The molecule has 1 aliphatic rings. The van der Waals surface area contributed by atoms with Crippen LogP contribution in [-0.4, -0.2) is 55.6 Å². The van der Waals surface area contributed by atoms with Crippen LogP contribution in [0, 0.1) is 6.92 Å². The van der Waals surface area contributed by atoms with E-state index in [1.807, 2.05) is 25.1 Å². The second-order valence-corrected chi connectivity index (χ2v) is 9.11. The van der Waals surface area contributed by atoms with Gasteiger partial charge < -0.3 is 0 Å². The van der Waals surface area contributed by atoms with E-state index in [4.69, 9.17) is 0 Å². The summed E-state index contributed by atoms with van der Waals surface area (Å²) in [5.74, 6) is 0. The summed E-state index contributed by atoms with van der Waals surface area (Å²) in [6, 6.07) is 13.5. The zero-order chi connectivity index (χ0) is 18.6. The number of aryl methyl sites for hydroxylation is 1. The minimum Gasteiger partial charge on any atom is -0.298 e. The average molecular weight is 374 g/mol. The minimum atomic E-state index is -3.12. The first-order valence-electron chi connectivity index (χ1n) is 9.06. The van der Waals surface area contributed by atoms with Gasteiger partial charge in [0.25, 0.3) is 0 Å². The Labute approximate surface area is 156 Å². The molecule has 0 N–H and O–H groups in total. The van der Waals surface area contributed by atoms with Gasteiger partial charge in [0.1, 0.15) is 0 Å². The highest BCUT2D eigenvalue weighted by Crippen LogP contribution is 2.14. The fraction of sp³-hybridized carbons (Fsp3) is 0.450. The molecule has 3 rings (SSSR count). The van der Waals surface area contributed by atoms with E-state index in [-0.39, 0.29) is 0 Å². The van der Waals surface area contributed by atoms with Gasteiger partial charge in [-0.1, -0.05) is 18.2 Å². The number of pyridine rings is 1. The molecular formula is C20H27N3O2S. The number of benzene rings is 1. The second kappa shape index (κ2) is 8.29. The maximum atomic E-state index is 11.6. The predicted octanol–water partition coefficient (Wildman–Crippen LogP) is 2.50. The van der Waals surface area contributed by atoms with Crippen molar-refractivity contribution in [3.05, 3.63) is 59.4 Å². The number of hydrogen-bond donors (Lipinski definition) is 0. The van der Waals surface area contributed by atoms with E-state index in [9.17, 15) is 8.42 Å². The summed E-state index contributed by atoms with van der Waals surface area (Å²) in [6.45, 7) is 7.98. The maximum Gasteiger partial charge on any atom is 0.175 e. The third-order valence-corrected chi connectivity index (χ3v) is 5.90. The molecule has 1 saturated heterocycles. The van der Waals surface area contributed by atoms with Gasteiger partial charge >= 0.3 is 0 Å². The summed E-state index contributed by atoms with van der Waals surface area (Å²) in [5, 5.41) is 0. The summed E-state index contributed by atoms with van der Waals surface area (Å²) in [6.07, 6.45) is 2.38. The van der Waals surface area contributed by atoms with Crippen LogP contribution in [0.25, 0.3) is 0 Å². The van der Waals surface area contributed by atoms with Crippen molar-refractivity contribution in [2.75, 3.05) is 32.4 Å². The number of hydrogen-bond acceptors (Lipinski definition) is 5. The first-order valence-corrected chi connectivity index (χ1v) is 11.0. The monoisotopic (exact) mass is 373 g/mol. The van der Waals surface area contributed by atoms with Crippen LogP contribution in [0.1, 0.15) is 23.4 Å². The molecule has 0 amide bonds. The van der Waals surface area contributed by atoms with Gasteiger partial charge in [-0.15, -0.1) is 0 Å². The van der Waals surface area contributed by atoms with Crippen LogP contribution in [0.4, 0.5) is 0 Å². The lowest BCUT2D eigenvalue weighted by Gasteiger charge is -2.21. The number of nitrogens with zero attached hydrogens (tertiary/aromatic N) is 3. The lowest BCUT2D eigenvalue weighted by Crippen LogP contribution is -2.30. The van der Waals surface area contributed by atoms with Gasteiger partial charge in [0.2, 0.25) is 0 Å². The molecule has 2 heterocycles. The third-order valence-electron chi connectivity index (χ3n) is 4.77. The third kappa shape index (κ3) is 5.37. The molecule has 1 aromatic carbocycles. The topological polar surface area (TPSA) is 53.5 Å². The van der Waals surface area contributed by atoms with Crippen molar-refractivity contribution >= 4 is 9.84 Å². The molecule has 0 aliphatic carbocycles. The number of rotatable bonds is 5. The summed E-state index contributed by atoms with van der Waals surface area (Å²) in [5.41, 5.74) is 3.36. The minimum absolute atomic E-state index is 0.383. The number of aromatic nitrogens is 1. The molecule has 1 fully saturated rings. The largest absolute Gasteiger partial charge is 0.298 e. The van der Waals surface area contributed by atoms with Crippen molar-refractivity contribution in [2.24, 2.45) is 0 Å². The molecule has 0 unspecified atom stereocenters. The predicted molar refractivity (Wildman–Crippen MR) is 104 cm³/mol. The van der Waals surface area contributed by atoms with E-state index in [1.54, 1.807) is 12.1 Å². The van der Waals surface area contributed by atoms with Crippen molar-refractivity contribution in [3.8, 4) is 0 Å². The lowest BCUT2D eigenvalue weighted by atomic mass is 10.2. The zero-order valence-corrected chi connectivity index (χ0v) is 16.4. The molecule has 2 aromatic rings. The van der Waals surface area contributed by atoms with E-state index in [0.29, 0.717) is 4.90 Å². The lowest BCUT2D eigenvalue weighted by molar-refractivity contribution is 0.245. The van der Waals surface area contributed by atoms with Crippen LogP contribution in [-0.2, 0) is 22.9 Å². The molecule has 140 valence electrons. The zero-order valence-electron chi connectivity index (χ0n) is 15.6. The molecule has 0 saturated carbocycles. The Morgan fingerprint density at radius 3 is 2.19 bits per heavy atom. The van der Waals surface area contributed by atoms with Crippen LogP contribution in [0.3, 0.4) is 0 Å². The highest BCUT2D eigenvalue weighted by Gasteiger charge is 2.16. The Morgan fingerprint density at radius 1 is 0.923 bits per heavy atom. The van der Waals surface area contributed by atoms with E-state index >= 15 is 0 Å². The van der Waals surface area contributed by atoms with Gasteiger partial charge in [-0.05, 0) is 56.3 Å². The summed E-state index contributed by atoms with van der Waals surface area (Å²) < 4.78 is 23.1. The highest BCUT2D eigenvalue weighted by molar-refractivity contribution is 7.90. The molecule has 6 heteroatoms. The van der Waals surface area contributed by atoms with Crippen molar-refractivity contribution in [3.63, 3.8) is 0 Å². The fourth-order valence-electron chi connectivity index (χ4n) is 3.36.